The van der Waals surface area contributed by atoms with Crippen molar-refractivity contribution in [1.82, 2.24) is 9.47 Å². The predicted molar refractivity (Wildman–Crippen MR) is 76.5 cm³/mol. The molecule has 1 aromatic heterocycles. The van der Waals surface area contributed by atoms with Crippen LogP contribution < -0.4 is 0 Å². The molecule has 0 fully saturated rings. The molecule has 0 unspecified atom stereocenters. The lowest BCUT2D eigenvalue weighted by Crippen LogP contribution is -2.34. The van der Waals surface area contributed by atoms with Gasteiger partial charge in [0, 0.05) is 38.2 Å². The predicted octanol–water partition coefficient (Wildman–Crippen LogP) is 1.81. The molecule has 0 aliphatic heterocycles. The van der Waals surface area contributed by atoms with Gasteiger partial charge in [-0.2, -0.15) is 0 Å². The molecule has 0 aliphatic rings. The highest BCUT2D eigenvalue weighted by Gasteiger charge is 2.22. The number of nitrogens with zero attached hydrogens (tertiary/aromatic N) is 2. The number of amides is 1. The maximum atomic E-state index is 12.2. The molecule has 1 heterocycles. The summed E-state index contributed by atoms with van der Waals surface area (Å²) < 4.78 is 7.10. The Bertz CT molecular complexity index is 658. The van der Waals surface area contributed by atoms with Crippen LogP contribution in [0, 0.1) is 0 Å². The Kier molecular flexibility index (Phi) is 3.79. The highest BCUT2D eigenvalue weighted by atomic mass is 16.5. The molecule has 1 atom stereocenters. The minimum absolute atomic E-state index is 0.237. The first kappa shape index (κ1) is 14.1. The number of para-hydroxylation sites is 1. The third kappa shape index (κ3) is 2.52. The third-order valence-electron chi connectivity index (χ3n) is 3.19. The highest BCUT2D eigenvalue weighted by Crippen LogP contribution is 2.21. The molecule has 2 rings (SSSR count). The van der Waals surface area contributed by atoms with Crippen molar-refractivity contribution in [2.75, 3.05) is 14.1 Å². The first-order valence-electron chi connectivity index (χ1n) is 6.38. The molecule has 0 aliphatic carbocycles. The zero-order chi connectivity index (χ0) is 14.9. The van der Waals surface area contributed by atoms with Crippen LogP contribution >= 0.6 is 0 Å². The van der Waals surface area contributed by atoms with Crippen LogP contribution in [0.25, 0.3) is 10.9 Å². The molecule has 106 valence electrons. The normalized spacial score (nSPS) is 12.2. The van der Waals surface area contributed by atoms with Gasteiger partial charge in [-0.25, -0.2) is 4.79 Å². The lowest BCUT2D eigenvalue weighted by molar-refractivity contribution is -0.137. The lowest BCUT2D eigenvalue weighted by Gasteiger charge is -2.16. The molecular weight excluding hydrogens is 256 g/mol. The van der Waals surface area contributed by atoms with Crippen LogP contribution in [0.3, 0.4) is 0 Å². The van der Waals surface area contributed by atoms with Gasteiger partial charge in [-0.15, -0.1) is 0 Å². The van der Waals surface area contributed by atoms with Crippen LogP contribution in [0.4, 0.5) is 0 Å². The van der Waals surface area contributed by atoms with E-state index in [1.165, 1.54) is 4.90 Å². The van der Waals surface area contributed by atoms with Gasteiger partial charge < -0.3 is 14.2 Å². The van der Waals surface area contributed by atoms with E-state index >= 15 is 0 Å². The number of esters is 1. The molecule has 0 spiro atoms. The quantitative estimate of drug-likeness (QED) is 0.802. The smallest absolute Gasteiger partial charge is 0.341 e. The van der Waals surface area contributed by atoms with Crippen molar-refractivity contribution in [1.29, 1.82) is 0 Å². The van der Waals surface area contributed by atoms with E-state index in [0.717, 1.165) is 10.9 Å². The Hall–Kier alpha value is -2.30. The summed E-state index contributed by atoms with van der Waals surface area (Å²) >= 11 is 0. The fraction of sp³-hybridized carbons (Fsp3) is 0.333. The summed E-state index contributed by atoms with van der Waals surface area (Å²) in [5.74, 6) is -0.719. The number of carbonyl (C=O) groups is 2. The number of carbonyl (C=O) groups excluding carboxylic acids is 2. The van der Waals surface area contributed by atoms with E-state index in [2.05, 4.69) is 0 Å². The van der Waals surface area contributed by atoms with Gasteiger partial charge in [0.15, 0.2) is 6.10 Å². The molecule has 2 aromatic rings. The van der Waals surface area contributed by atoms with Crippen molar-refractivity contribution < 1.29 is 14.3 Å². The Balaban J connectivity index is 2.26. The Morgan fingerprint density at radius 1 is 1.25 bits per heavy atom. The molecule has 20 heavy (non-hydrogen) atoms. The highest BCUT2D eigenvalue weighted by molar-refractivity contribution is 6.05. The van der Waals surface area contributed by atoms with E-state index in [-0.39, 0.29) is 5.91 Å². The molecule has 0 saturated heterocycles. The van der Waals surface area contributed by atoms with E-state index in [1.807, 2.05) is 35.9 Å². The van der Waals surface area contributed by atoms with Gasteiger partial charge in [0.1, 0.15) is 0 Å². The van der Waals surface area contributed by atoms with Gasteiger partial charge in [0.05, 0.1) is 5.56 Å². The molecule has 0 bridgehead atoms. The number of aryl methyl sites for hydroxylation is 1. The van der Waals surface area contributed by atoms with Crippen molar-refractivity contribution >= 4 is 22.8 Å². The Labute approximate surface area is 117 Å². The molecule has 1 aromatic carbocycles. The largest absolute Gasteiger partial charge is 0.449 e. The second kappa shape index (κ2) is 5.36. The molecule has 0 radical (unpaired) electrons. The van der Waals surface area contributed by atoms with Gasteiger partial charge in [0.25, 0.3) is 5.91 Å². The summed E-state index contributed by atoms with van der Waals surface area (Å²) in [4.78, 5) is 25.3. The number of rotatable bonds is 3. The number of hydrogen-bond acceptors (Lipinski definition) is 3. The molecule has 5 heteroatoms. The van der Waals surface area contributed by atoms with E-state index in [1.54, 1.807) is 27.2 Å². The standard InChI is InChI=1S/C15H18N2O3/c1-10(14(18)16(2)3)20-15(19)12-9-17(4)13-8-6-5-7-11(12)13/h5-10H,1-4H3/t10-/m1/s1. The second-order valence-corrected chi connectivity index (χ2v) is 4.95. The number of likely N-dealkylation sites (N-methyl/N-ethyl adjacent to an activating group) is 1. The van der Waals surface area contributed by atoms with Crippen molar-refractivity contribution in [3.63, 3.8) is 0 Å². The van der Waals surface area contributed by atoms with Crippen LogP contribution in [0.15, 0.2) is 30.5 Å². The summed E-state index contributed by atoms with van der Waals surface area (Å²) in [6.45, 7) is 1.57. The van der Waals surface area contributed by atoms with E-state index in [9.17, 15) is 9.59 Å². The minimum Gasteiger partial charge on any atom is -0.449 e. The topological polar surface area (TPSA) is 51.5 Å². The molecule has 0 N–H and O–H groups in total. The molecular formula is C15H18N2O3. The SMILES string of the molecule is C[C@@H](OC(=O)c1cn(C)c2ccccc12)C(=O)N(C)C. The number of hydrogen-bond donors (Lipinski definition) is 0. The van der Waals surface area contributed by atoms with Crippen LogP contribution in [-0.4, -0.2) is 41.5 Å². The third-order valence-corrected chi connectivity index (χ3v) is 3.19. The summed E-state index contributed by atoms with van der Waals surface area (Å²) in [7, 11) is 5.13. The average Bonchev–Trinajstić information content (AvgIpc) is 2.75. The average molecular weight is 274 g/mol. The van der Waals surface area contributed by atoms with Gasteiger partial charge in [-0.1, -0.05) is 18.2 Å². The fourth-order valence-corrected chi connectivity index (χ4v) is 2.14. The summed E-state index contributed by atoms with van der Waals surface area (Å²) in [5, 5.41) is 0.824. The van der Waals surface area contributed by atoms with Gasteiger partial charge >= 0.3 is 5.97 Å². The number of aromatic nitrogens is 1. The maximum absolute atomic E-state index is 12.2. The summed E-state index contributed by atoms with van der Waals surface area (Å²) in [6.07, 6.45) is 0.927. The number of ether oxygens (including phenoxy) is 1. The van der Waals surface area contributed by atoms with Crippen LogP contribution in [0.2, 0.25) is 0 Å². The maximum Gasteiger partial charge on any atom is 0.341 e. The number of benzene rings is 1. The van der Waals surface area contributed by atoms with E-state index in [4.69, 9.17) is 4.74 Å². The van der Waals surface area contributed by atoms with Gasteiger partial charge in [-0.3, -0.25) is 4.79 Å². The molecule has 0 saturated carbocycles. The van der Waals surface area contributed by atoms with Crippen LogP contribution in [0.1, 0.15) is 17.3 Å². The molecule has 1 amide bonds. The monoisotopic (exact) mass is 274 g/mol. The zero-order valence-electron chi connectivity index (χ0n) is 12.1. The first-order chi connectivity index (χ1) is 9.41. The van der Waals surface area contributed by atoms with Gasteiger partial charge in [-0.05, 0) is 13.0 Å². The molecule has 5 nitrogen and oxygen atoms in total. The van der Waals surface area contributed by atoms with E-state index in [0.29, 0.717) is 5.56 Å². The summed E-state index contributed by atoms with van der Waals surface area (Å²) in [6, 6.07) is 7.58. The van der Waals surface area contributed by atoms with E-state index < -0.39 is 12.1 Å². The minimum atomic E-state index is -0.795. The van der Waals surface area contributed by atoms with Crippen LogP contribution in [-0.2, 0) is 16.6 Å². The van der Waals surface area contributed by atoms with Crippen LogP contribution in [0.5, 0.6) is 0 Å². The van der Waals surface area contributed by atoms with Crippen molar-refractivity contribution in [3.8, 4) is 0 Å². The van der Waals surface area contributed by atoms with Crippen molar-refractivity contribution in [2.45, 2.75) is 13.0 Å². The first-order valence-corrected chi connectivity index (χ1v) is 6.38. The zero-order valence-corrected chi connectivity index (χ0v) is 12.1. The van der Waals surface area contributed by atoms with Gasteiger partial charge in [0.2, 0.25) is 0 Å². The fourth-order valence-electron chi connectivity index (χ4n) is 2.14. The van der Waals surface area contributed by atoms with Crippen molar-refractivity contribution in [3.05, 3.63) is 36.0 Å². The Morgan fingerprint density at radius 3 is 2.55 bits per heavy atom. The summed E-state index contributed by atoms with van der Waals surface area (Å²) in [5.41, 5.74) is 1.42. The number of fused-ring (bicyclic) bond motifs is 1. The Morgan fingerprint density at radius 2 is 1.90 bits per heavy atom. The second-order valence-electron chi connectivity index (χ2n) is 4.95. The lowest BCUT2D eigenvalue weighted by atomic mass is 10.2. The van der Waals surface area contributed by atoms with Crippen molar-refractivity contribution in [2.24, 2.45) is 7.05 Å².